The average Bonchev–Trinajstić information content (AvgIpc) is 3.26. The maximum Gasteiger partial charge on any atom is 0.308 e. The molecule has 0 aromatic heterocycles. The molecule has 0 saturated heterocycles. The molecule has 0 spiro atoms. The molecule has 1 atom stereocenters. The molecule has 2 aliphatic heterocycles. The Labute approximate surface area is 198 Å². The van der Waals surface area contributed by atoms with Crippen LogP contribution in [-0.2, 0) is 20.7 Å². The number of esters is 1. The van der Waals surface area contributed by atoms with Crippen molar-refractivity contribution in [3.05, 3.63) is 58.6 Å². The summed E-state index contributed by atoms with van der Waals surface area (Å²) < 4.78 is 16.3. The van der Waals surface area contributed by atoms with Crippen molar-refractivity contribution in [2.24, 2.45) is 4.99 Å². The van der Waals surface area contributed by atoms with E-state index >= 15 is 0 Å². The number of nitrogens with zero attached hydrogens (tertiary/aromatic N) is 2. The summed E-state index contributed by atoms with van der Waals surface area (Å²) in [5.74, 6) is 0.462. The Bertz CT molecular complexity index is 1110. The minimum absolute atomic E-state index is 0.0139. The van der Waals surface area contributed by atoms with Crippen LogP contribution in [0.5, 0.6) is 5.75 Å². The number of hydrogen-bond donors (Lipinski definition) is 0. The first-order valence-electron chi connectivity index (χ1n) is 10.7. The van der Waals surface area contributed by atoms with Crippen molar-refractivity contribution in [3.8, 4) is 5.75 Å². The maximum absolute atomic E-state index is 13.6. The molecule has 0 aliphatic carbocycles. The van der Waals surface area contributed by atoms with E-state index in [0.29, 0.717) is 35.3 Å². The van der Waals surface area contributed by atoms with E-state index in [2.05, 4.69) is 4.99 Å². The summed E-state index contributed by atoms with van der Waals surface area (Å²) in [5.41, 5.74) is 1.02. The first-order chi connectivity index (χ1) is 15.6. The lowest BCUT2D eigenvalue weighted by Crippen LogP contribution is -2.49. The molecule has 2 aromatic rings. The molecular weight excluding hydrogens is 444 g/mol. The van der Waals surface area contributed by atoms with Crippen molar-refractivity contribution in [3.63, 3.8) is 0 Å². The van der Waals surface area contributed by atoms with Crippen LogP contribution < -0.4 is 9.64 Å². The fraction of sp³-hybridized carbons (Fsp3) is 0.400. The molecule has 4 rings (SSSR count). The van der Waals surface area contributed by atoms with Gasteiger partial charge in [0.25, 0.3) is 5.91 Å². The van der Waals surface area contributed by atoms with Gasteiger partial charge < -0.3 is 19.1 Å². The summed E-state index contributed by atoms with van der Waals surface area (Å²) in [6, 6.07) is 12.3. The van der Waals surface area contributed by atoms with E-state index in [1.54, 1.807) is 36.3 Å². The summed E-state index contributed by atoms with van der Waals surface area (Å²) in [4.78, 5) is 32.5. The molecule has 0 N–H and O–H groups in total. The first kappa shape index (κ1) is 23.1. The van der Waals surface area contributed by atoms with Gasteiger partial charge in [0.1, 0.15) is 12.4 Å². The molecule has 2 aliphatic rings. The highest BCUT2D eigenvalue weighted by Gasteiger charge is 2.45. The number of benzene rings is 2. The van der Waals surface area contributed by atoms with Crippen LogP contribution in [0.4, 0.5) is 5.69 Å². The average molecular weight is 471 g/mol. The fourth-order valence-electron chi connectivity index (χ4n) is 4.29. The lowest BCUT2D eigenvalue weighted by molar-refractivity contribution is -0.143. The molecule has 0 bridgehead atoms. The standard InChI is InChI=1S/C25H27ClN2O5/c1-24(2)15-33-21(27-24)14-32-22(29)13-25(3)12-17-11-19(31-4)9-10-20(17)28(25)23(30)16-5-7-18(26)8-6-16/h5-11H,12-15H2,1-4H3. The van der Waals surface area contributed by atoms with Crippen molar-refractivity contribution >= 4 is 35.1 Å². The van der Waals surface area contributed by atoms with Gasteiger partial charge in [-0.1, -0.05) is 11.6 Å². The normalized spacial score (nSPS) is 20.6. The third-order valence-corrected chi connectivity index (χ3v) is 6.09. The zero-order chi connectivity index (χ0) is 23.8. The SMILES string of the molecule is COc1ccc2c(c1)CC(C)(CC(=O)OCC1=NC(C)(C)CO1)N2C(=O)c1ccc(Cl)cc1. The fourth-order valence-corrected chi connectivity index (χ4v) is 4.41. The highest BCUT2D eigenvalue weighted by atomic mass is 35.5. The molecule has 2 aromatic carbocycles. The number of aliphatic imine (C=N–C) groups is 1. The molecule has 174 valence electrons. The van der Waals surface area contributed by atoms with Crippen molar-refractivity contribution < 1.29 is 23.8 Å². The number of methoxy groups -OCH3 is 1. The largest absolute Gasteiger partial charge is 0.497 e. The molecular formula is C25H27ClN2O5. The highest BCUT2D eigenvalue weighted by molar-refractivity contribution is 6.30. The van der Waals surface area contributed by atoms with E-state index in [-0.39, 0.29) is 24.5 Å². The predicted octanol–water partition coefficient (Wildman–Crippen LogP) is 4.45. The number of rotatable bonds is 6. The summed E-state index contributed by atoms with van der Waals surface area (Å²) >= 11 is 6.00. The monoisotopic (exact) mass is 470 g/mol. The molecule has 8 heteroatoms. The van der Waals surface area contributed by atoms with Gasteiger partial charge in [-0.15, -0.1) is 0 Å². The van der Waals surface area contributed by atoms with Gasteiger partial charge in [-0.05, 0) is 75.2 Å². The minimum atomic E-state index is -0.819. The predicted molar refractivity (Wildman–Crippen MR) is 126 cm³/mol. The second-order valence-electron chi connectivity index (χ2n) is 9.26. The quantitative estimate of drug-likeness (QED) is 0.583. The number of carbonyl (C=O) groups is 2. The van der Waals surface area contributed by atoms with Gasteiger partial charge in [0, 0.05) is 16.3 Å². The molecule has 1 amide bonds. The molecule has 1 unspecified atom stereocenters. The Morgan fingerprint density at radius 3 is 2.52 bits per heavy atom. The van der Waals surface area contributed by atoms with Gasteiger partial charge in [-0.2, -0.15) is 0 Å². The van der Waals surface area contributed by atoms with Crippen molar-refractivity contribution in [2.75, 3.05) is 25.2 Å². The van der Waals surface area contributed by atoms with E-state index in [4.69, 9.17) is 25.8 Å². The van der Waals surface area contributed by atoms with Crippen molar-refractivity contribution in [1.29, 1.82) is 0 Å². The maximum atomic E-state index is 13.6. The summed E-state index contributed by atoms with van der Waals surface area (Å²) in [6.07, 6.45) is 0.498. The van der Waals surface area contributed by atoms with E-state index in [1.165, 1.54) is 0 Å². The number of fused-ring (bicyclic) bond motifs is 1. The van der Waals surface area contributed by atoms with Crippen molar-refractivity contribution in [2.45, 2.75) is 44.7 Å². The minimum Gasteiger partial charge on any atom is -0.497 e. The molecule has 33 heavy (non-hydrogen) atoms. The van der Waals surface area contributed by atoms with Crippen LogP contribution in [0.15, 0.2) is 47.5 Å². The van der Waals surface area contributed by atoms with Crippen LogP contribution in [0, 0.1) is 0 Å². The van der Waals surface area contributed by atoms with Gasteiger partial charge in [-0.3, -0.25) is 9.59 Å². The molecule has 0 radical (unpaired) electrons. The van der Waals surface area contributed by atoms with Gasteiger partial charge in [0.05, 0.1) is 24.6 Å². The topological polar surface area (TPSA) is 77.4 Å². The van der Waals surface area contributed by atoms with E-state index in [1.807, 2.05) is 39.0 Å². The smallest absolute Gasteiger partial charge is 0.308 e. The van der Waals surface area contributed by atoms with Crippen LogP contribution in [0.1, 0.15) is 43.1 Å². The highest BCUT2D eigenvalue weighted by Crippen LogP contribution is 2.43. The Balaban J connectivity index is 1.58. The van der Waals surface area contributed by atoms with Gasteiger partial charge in [-0.25, -0.2) is 4.99 Å². The van der Waals surface area contributed by atoms with Gasteiger partial charge in [0.2, 0.25) is 5.90 Å². The van der Waals surface area contributed by atoms with Gasteiger partial charge in [0.15, 0.2) is 6.61 Å². The number of hydrogen-bond acceptors (Lipinski definition) is 6. The molecule has 0 saturated carbocycles. The van der Waals surface area contributed by atoms with Crippen LogP contribution >= 0.6 is 11.6 Å². The Hall–Kier alpha value is -3.06. The third-order valence-electron chi connectivity index (χ3n) is 5.83. The van der Waals surface area contributed by atoms with Crippen molar-refractivity contribution in [1.82, 2.24) is 0 Å². The summed E-state index contributed by atoms with van der Waals surface area (Å²) in [6.45, 7) is 6.23. The van der Waals surface area contributed by atoms with Gasteiger partial charge >= 0.3 is 5.97 Å². The van der Waals surface area contributed by atoms with E-state index in [9.17, 15) is 9.59 Å². The van der Waals surface area contributed by atoms with E-state index < -0.39 is 11.5 Å². The Morgan fingerprint density at radius 2 is 1.88 bits per heavy atom. The number of amides is 1. The second kappa shape index (κ2) is 8.71. The number of anilines is 1. The zero-order valence-electron chi connectivity index (χ0n) is 19.2. The molecule has 7 nitrogen and oxygen atoms in total. The molecule has 2 heterocycles. The van der Waals surface area contributed by atoms with Crippen LogP contribution in [0.2, 0.25) is 5.02 Å². The summed E-state index contributed by atoms with van der Waals surface area (Å²) in [7, 11) is 1.60. The lowest BCUT2D eigenvalue weighted by atomic mass is 9.92. The summed E-state index contributed by atoms with van der Waals surface area (Å²) in [5, 5.41) is 0.546. The zero-order valence-corrected chi connectivity index (χ0v) is 19.9. The van der Waals surface area contributed by atoms with Crippen LogP contribution in [-0.4, -0.2) is 49.2 Å². The Kier molecular flexibility index (Phi) is 6.10. The second-order valence-corrected chi connectivity index (χ2v) is 9.70. The molecule has 0 fully saturated rings. The number of ether oxygens (including phenoxy) is 3. The van der Waals surface area contributed by atoms with Crippen LogP contribution in [0.25, 0.3) is 0 Å². The van der Waals surface area contributed by atoms with Crippen LogP contribution in [0.3, 0.4) is 0 Å². The number of halogens is 1. The first-order valence-corrected chi connectivity index (χ1v) is 11.1. The third kappa shape index (κ3) is 4.83. The number of carbonyl (C=O) groups excluding carboxylic acids is 2. The lowest BCUT2D eigenvalue weighted by Gasteiger charge is -2.35. The van der Waals surface area contributed by atoms with E-state index in [0.717, 1.165) is 11.3 Å². The Morgan fingerprint density at radius 1 is 1.15 bits per heavy atom.